The van der Waals surface area contributed by atoms with E-state index in [0.29, 0.717) is 0 Å². The van der Waals surface area contributed by atoms with Crippen molar-refractivity contribution < 1.29 is 14.3 Å². The van der Waals surface area contributed by atoms with Gasteiger partial charge in [0, 0.05) is 58.8 Å². The van der Waals surface area contributed by atoms with Gasteiger partial charge in [-0.3, -0.25) is 9.69 Å². The third-order valence-electron chi connectivity index (χ3n) is 6.85. The minimum absolute atomic E-state index is 0. The summed E-state index contributed by atoms with van der Waals surface area (Å²) in [6, 6.07) is 0. The van der Waals surface area contributed by atoms with Gasteiger partial charge in [-0.1, -0.05) is 19.3 Å². The Morgan fingerprint density at radius 3 is 2.47 bits per heavy atom. The molecule has 1 amide bonds. The maximum Gasteiger partial charge on any atom is 0.243 e. The Morgan fingerprint density at radius 2 is 1.81 bits per heavy atom. The number of nitrogens with one attached hydrogen (secondary N) is 2. The first kappa shape index (κ1) is 27.6. The monoisotopic (exact) mass is 565 g/mol. The van der Waals surface area contributed by atoms with Crippen LogP contribution >= 0.6 is 24.0 Å². The summed E-state index contributed by atoms with van der Waals surface area (Å²) in [5, 5.41) is 7.06. The van der Waals surface area contributed by atoms with Gasteiger partial charge in [0.1, 0.15) is 6.54 Å². The molecule has 0 radical (unpaired) electrons. The van der Waals surface area contributed by atoms with Gasteiger partial charge in [0.2, 0.25) is 5.91 Å². The SMILES string of the molecule is CN(C)C(=O)CN=C(NCC1CCCCO1)NCC1(CN2CCOCC2)CCCCC1.I. The second kappa shape index (κ2) is 14.6. The number of aliphatic imine (C=N–C) groups is 1. The Bertz CT molecular complexity index is 572. The fourth-order valence-corrected chi connectivity index (χ4v) is 4.84. The van der Waals surface area contributed by atoms with Crippen LogP contribution in [0.25, 0.3) is 0 Å². The molecule has 8 nitrogen and oxygen atoms in total. The topological polar surface area (TPSA) is 78.4 Å². The second-order valence-electron chi connectivity index (χ2n) is 9.63. The van der Waals surface area contributed by atoms with Crippen LogP contribution in [0.4, 0.5) is 0 Å². The van der Waals surface area contributed by atoms with Crippen molar-refractivity contribution in [3.05, 3.63) is 0 Å². The summed E-state index contributed by atoms with van der Waals surface area (Å²) in [5.74, 6) is 0.743. The summed E-state index contributed by atoms with van der Waals surface area (Å²) in [6.45, 7) is 7.46. The lowest BCUT2D eigenvalue weighted by Crippen LogP contribution is -2.52. The summed E-state index contributed by atoms with van der Waals surface area (Å²) >= 11 is 0. The van der Waals surface area contributed by atoms with Crippen molar-refractivity contribution in [2.24, 2.45) is 10.4 Å². The number of hydrogen-bond acceptors (Lipinski definition) is 5. The molecule has 3 fully saturated rings. The molecule has 0 aromatic rings. The van der Waals surface area contributed by atoms with Crippen molar-refractivity contribution in [2.75, 3.05) is 73.2 Å². The molecule has 0 spiro atoms. The molecule has 2 heterocycles. The van der Waals surface area contributed by atoms with Gasteiger partial charge in [-0.25, -0.2) is 4.99 Å². The van der Waals surface area contributed by atoms with Gasteiger partial charge < -0.3 is 25.0 Å². The van der Waals surface area contributed by atoms with Crippen molar-refractivity contribution in [1.82, 2.24) is 20.4 Å². The average Bonchev–Trinajstić information content (AvgIpc) is 2.80. The maximum atomic E-state index is 12.1. The van der Waals surface area contributed by atoms with E-state index in [1.54, 1.807) is 19.0 Å². The molecule has 1 aliphatic carbocycles. The number of carbonyl (C=O) groups is 1. The molecule has 0 aromatic heterocycles. The number of hydrogen-bond donors (Lipinski definition) is 2. The molecular weight excluding hydrogens is 521 g/mol. The molecule has 0 aromatic carbocycles. The molecule has 2 saturated heterocycles. The van der Waals surface area contributed by atoms with Gasteiger partial charge in [0.05, 0.1) is 19.3 Å². The van der Waals surface area contributed by atoms with E-state index in [0.717, 1.165) is 71.3 Å². The number of carbonyl (C=O) groups excluding carboxylic acids is 1. The first-order valence-electron chi connectivity index (χ1n) is 12.2. The largest absolute Gasteiger partial charge is 0.379 e. The fraction of sp³-hybridized carbons (Fsp3) is 0.913. The molecule has 186 valence electrons. The van der Waals surface area contributed by atoms with Gasteiger partial charge >= 0.3 is 0 Å². The highest BCUT2D eigenvalue weighted by Crippen LogP contribution is 2.36. The number of rotatable bonds is 8. The van der Waals surface area contributed by atoms with E-state index in [4.69, 9.17) is 9.47 Å². The summed E-state index contributed by atoms with van der Waals surface area (Å²) < 4.78 is 11.4. The van der Waals surface area contributed by atoms with E-state index < -0.39 is 0 Å². The minimum Gasteiger partial charge on any atom is -0.379 e. The van der Waals surface area contributed by atoms with E-state index in [-0.39, 0.29) is 47.9 Å². The maximum absolute atomic E-state index is 12.1. The van der Waals surface area contributed by atoms with Crippen LogP contribution in [0.2, 0.25) is 0 Å². The Kier molecular flexibility index (Phi) is 12.6. The summed E-state index contributed by atoms with van der Waals surface area (Å²) in [7, 11) is 3.54. The first-order chi connectivity index (χ1) is 15.1. The molecule has 9 heteroatoms. The van der Waals surface area contributed by atoms with Crippen molar-refractivity contribution >= 4 is 35.8 Å². The third kappa shape index (κ3) is 9.30. The minimum atomic E-state index is 0. The molecule has 0 bridgehead atoms. The number of nitrogens with zero attached hydrogens (tertiary/aromatic N) is 3. The van der Waals surface area contributed by atoms with Crippen LogP contribution in [0.5, 0.6) is 0 Å². The van der Waals surface area contributed by atoms with E-state index in [2.05, 4.69) is 20.5 Å². The van der Waals surface area contributed by atoms with Crippen LogP contribution in [-0.4, -0.2) is 101 Å². The summed E-state index contributed by atoms with van der Waals surface area (Å²) in [5.41, 5.74) is 0.255. The molecule has 2 aliphatic heterocycles. The number of halogens is 1. The normalized spacial score (nSPS) is 24.3. The van der Waals surface area contributed by atoms with E-state index in [9.17, 15) is 4.79 Å². The van der Waals surface area contributed by atoms with Crippen molar-refractivity contribution in [2.45, 2.75) is 57.5 Å². The lowest BCUT2D eigenvalue weighted by atomic mass is 9.73. The Hall–Kier alpha value is -0.650. The standard InChI is InChI=1S/C23H43N5O3.HI/c1-27(2)21(29)17-25-22(24-16-20-8-4-7-13-31-20)26-18-23(9-5-3-6-10-23)19-28-11-14-30-15-12-28;/h20H,3-19H2,1-2H3,(H2,24,25,26);1H. The van der Waals surface area contributed by atoms with Crippen LogP contribution in [0.1, 0.15) is 51.4 Å². The Balaban J connectivity index is 0.00000363. The molecule has 1 unspecified atom stereocenters. The molecule has 32 heavy (non-hydrogen) atoms. The van der Waals surface area contributed by atoms with Gasteiger partial charge in [-0.05, 0) is 32.1 Å². The van der Waals surface area contributed by atoms with Gasteiger partial charge in [0.25, 0.3) is 0 Å². The van der Waals surface area contributed by atoms with E-state index in [1.165, 1.54) is 38.5 Å². The number of likely N-dealkylation sites (N-methyl/N-ethyl adjacent to an activating group) is 1. The quantitative estimate of drug-likeness (QED) is 0.267. The lowest BCUT2D eigenvalue weighted by Gasteiger charge is -2.42. The zero-order chi connectivity index (χ0) is 21.9. The summed E-state index contributed by atoms with van der Waals surface area (Å²) in [6.07, 6.45) is 10.1. The molecule has 3 aliphatic rings. The smallest absolute Gasteiger partial charge is 0.243 e. The van der Waals surface area contributed by atoms with Crippen molar-refractivity contribution in [3.63, 3.8) is 0 Å². The average molecular weight is 566 g/mol. The van der Waals surface area contributed by atoms with Crippen LogP contribution < -0.4 is 10.6 Å². The Labute approximate surface area is 211 Å². The number of guanidine groups is 1. The molecular formula is C23H44IN5O3. The van der Waals surface area contributed by atoms with Gasteiger partial charge in [-0.15, -0.1) is 24.0 Å². The molecule has 1 saturated carbocycles. The highest BCUT2D eigenvalue weighted by Gasteiger charge is 2.34. The fourth-order valence-electron chi connectivity index (χ4n) is 4.84. The summed E-state index contributed by atoms with van der Waals surface area (Å²) in [4.78, 5) is 20.9. The van der Waals surface area contributed by atoms with Gasteiger partial charge in [-0.2, -0.15) is 0 Å². The third-order valence-corrected chi connectivity index (χ3v) is 6.85. The number of ether oxygens (including phenoxy) is 2. The molecule has 1 atom stereocenters. The van der Waals surface area contributed by atoms with Crippen LogP contribution in [0, 0.1) is 5.41 Å². The first-order valence-corrected chi connectivity index (χ1v) is 12.2. The van der Waals surface area contributed by atoms with Crippen LogP contribution in [0.3, 0.4) is 0 Å². The molecule has 3 rings (SSSR count). The predicted octanol–water partition coefficient (Wildman–Crippen LogP) is 2.08. The van der Waals surface area contributed by atoms with Crippen LogP contribution in [0.15, 0.2) is 4.99 Å². The zero-order valence-corrected chi connectivity index (χ0v) is 22.4. The lowest BCUT2D eigenvalue weighted by molar-refractivity contribution is -0.127. The Morgan fingerprint density at radius 1 is 1.06 bits per heavy atom. The highest BCUT2D eigenvalue weighted by molar-refractivity contribution is 14.0. The van der Waals surface area contributed by atoms with Crippen molar-refractivity contribution in [3.8, 4) is 0 Å². The number of amides is 1. The number of morpholine rings is 1. The van der Waals surface area contributed by atoms with Crippen LogP contribution in [-0.2, 0) is 14.3 Å². The van der Waals surface area contributed by atoms with E-state index in [1.807, 2.05) is 0 Å². The zero-order valence-electron chi connectivity index (χ0n) is 20.1. The van der Waals surface area contributed by atoms with E-state index >= 15 is 0 Å². The predicted molar refractivity (Wildman–Crippen MR) is 139 cm³/mol. The van der Waals surface area contributed by atoms with Crippen molar-refractivity contribution in [1.29, 1.82) is 0 Å². The highest BCUT2D eigenvalue weighted by atomic mass is 127. The van der Waals surface area contributed by atoms with Gasteiger partial charge in [0.15, 0.2) is 5.96 Å². The molecule has 2 N–H and O–H groups in total. The second-order valence-corrected chi connectivity index (χ2v) is 9.63.